The summed E-state index contributed by atoms with van der Waals surface area (Å²) in [6.07, 6.45) is 8.34. The number of carboxylic acids is 3. The van der Waals surface area contributed by atoms with E-state index in [-0.39, 0.29) is 62.0 Å². The maximum absolute atomic E-state index is 13.1. The minimum absolute atomic E-state index is 0.00679. The summed E-state index contributed by atoms with van der Waals surface area (Å²) in [5.74, 6) is -5.32. The Balaban J connectivity index is 1.90. The molecule has 10 N–H and O–H groups in total. The fraction of sp³-hybridized carbons (Fsp3) is 0.567. The lowest BCUT2D eigenvalue weighted by Gasteiger charge is -2.27. The summed E-state index contributed by atoms with van der Waals surface area (Å²) in [5, 5.41) is 39.7. The molecule has 2 rings (SSSR count). The molecule has 1 aliphatic carbocycles. The van der Waals surface area contributed by atoms with Gasteiger partial charge in [-0.2, -0.15) is 0 Å². The van der Waals surface area contributed by atoms with Gasteiger partial charge in [0.1, 0.15) is 23.5 Å². The zero-order valence-corrected chi connectivity index (χ0v) is 26.5. The highest BCUT2D eigenvalue weighted by Crippen LogP contribution is 2.28. The summed E-state index contributed by atoms with van der Waals surface area (Å²) < 4.78 is 0. The van der Waals surface area contributed by atoms with E-state index >= 15 is 0 Å². The molecule has 1 saturated carbocycles. The van der Waals surface area contributed by atoms with Crippen molar-refractivity contribution in [3.8, 4) is 0 Å². The number of carboxylic acid groups (broad SMARTS) is 3. The quantitative estimate of drug-likeness (QED) is 0.0635. The fourth-order valence-electron chi connectivity index (χ4n) is 4.92. The van der Waals surface area contributed by atoms with Gasteiger partial charge in [0, 0.05) is 37.8 Å². The third-order valence-corrected chi connectivity index (χ3v) is 7.69. The monoisotopic (exact) mass is 676 g/mol. The molecule has 0 aromatic carbocycles. The summed E-state index contributed by atoms with van der Waals surface area (Å²) in [6.45, 7) is 0.803. The number of urea groups is 1. The molecule has 0 saturated heterocycles. The lowest BCUT2D eigenvalue weighted by molar-refractivity contribution is -0.141. The second-order valence-corrected chi connectivity index (χ2v) is 11.3. The first-order valence-electron chi connectivity index (χ1n) is 15.7. The Hall–Kier alpha value is -5.13. The van der Waals surface area contributed by atoms with Crippen LogP contribution in [-0.2, 0) is 24.0 Å². The SMILES string of the molecule is NCC1CCC(C(=O)N/C(=C\CCNC(=O)c2cnccn2)C(=O)NCCCC[C@H](NC(=O)N[C@@H](CCC(=O)O)C(=O)O)C(=O)O)CC1. The molecule has 0 bridgehead atoms. The van der Waals surface area contributed by atoms with E-state index in [0.29, 0.717) is 31.7 Å². The van der Waals surface area contributed by atoms with Gasteiger partial charge in [-0.1, -0.05) is 6.08 Å². The number of rotatable bonds is 20. The van der Waals surface area contributed by atoms with E-state index in [0.717, 1.165) is 12.8 Å². The van der Waals surface area contributed by atoms with Crippen LogP contribution in [0.3, 0.4) is 0 Å². The van der Waals surface area contributed by atoms with Gasteiger partial charge in [-0.25, -0.2) is 19.4 Å². The molecule has 18 heteroatoms. The van der Waals surface area contributed by atoms with Gasteiger partial charge in [-0.05, 0) is 70.3 Å². The maximum atomic E-state index is 13.1. The van der Waals surface area contributed by atoms with Crippen molar-refractivity contribution in [2.45, 2.75) is 76.3 Å². The van der Waals surface area contributed by atoms with E-state index in [1.165, 1.54) is 24.7 Å². The standard InChI is InChI=1S/C30H44N8O10/c31-16-18-6-8-19(9-7-18)25(41)36-20(5-3-13-35-27(43)23-17-32-14-15-33-23)26(42)34-12-2-1-4-21(28(44)45)37-30(48)38-22(29(46)47)10-11-24(39)40/h5,14-15,17-19,21-22H,1-4,6-13,16,31H2,(H,34,42)(H,35,43)(H,36,41)(H,39,40)(H,44,45)(H,46,47)(H2,37,38,48)/b20-5-/t18?,19?,21-,22-/m0/s1. The molecular formula is C30H44N8O10. The maximum Gasteiger partial charge on any atom is 0.326 e. The fourth-order valence-corrected chi connectivity index (χ4v) is 4.92. The topological polar surface area (TPSA) is 292 Å². The predicted octanol–water partition coefficient (Wildman–Crippen LogP) is -0.281. The van der Waals surface area contributed by atoms with Crippen LogP contribution in [0.2, 0.25) is 0 Å². The van der Waals surface area contributed by atoms with Crippen LogP contribution in [0.1, 0.15) is 74.7 Å². The summed E-state index contributed by atoms with van der Waals surface area (Å²) in [4.78, 5) is 91.9. The van der Waals surface area contributed by atoms with Gasteiger partial charge < -0.3 is 47.6 Å². The van der Waals surface area contributed by atoms with Crippen molar-refractivity contribution in [2.75, 3.05) is 19.6 Å². The first-order valence-corrected chi connectivity index (χ1v) is 15.7. The highest BCUT2D eigenvalue weighted by Gasteiger charge is 2.27. The number of carbonyl (C=O) groups is 7. The van der Waals surface area contributed by atoms with E-state index in [2.05, 4.69) is 36.6 Å². The number of unbranched alkanes of at least 4 members (excludes halogenated alkanes) is 1. The van der Waals surface area contributed by atoms with Crippen LogP contribution < -0.4 is 32.3 Å². The Kier molecular flexibility index (Phi) is 17.0. The highest BCUT2D eigenvalue weighted by molar-refractivity contribution is 5.98. The number of nitrogens with zero attached hydrogens (tertiary/aromatic N) is 2. The van der Waals surface area contributed by atoms with Crippen LogP contribution in [0, 0.1) is 11.8 Å². The summed E-state index contributed by atoms with van der Waals surface area (Å²) >= 11 is 0. The molecule has 264 valence electrons. The van der Waals surface area contributed by atoms with Gasteiger partial charge in [0.25, 0.3) is 11.8 Å². The van der Waals surface area contributed by atoms with Crippen molar-refractivity contribution in [3.63, 3.8) is 0 Å². The molecule has 1 heterocycles. The Morgan fingerprint density at radius 3 is 2.12 bits per heavy atom. The largest absolute Gasteiger partial charge is 0.481 e. The average molecular weight is 677 g/mol. The number of hydrogen-bond acceptors (Lipinski definition) is 10. The molecule has 1 aliphatic rings. The van der Waals surface area contributed by atoms with Crippen molar-refractivity contribution in [3.05, 3.63) is 36.1 Å². The van der Waals surface area contributed by atoms with Crippen molar-refractivity contribution in [2.24, 2.45) is 17.6 Å². The van der Waals surface area contributed by atoms with Crippen molar-refractivity contribution < 1.29 is 48.9 Å². The third kappa shape index (κ3) is 14.5. The lowest BCUT2D eigenvalue weighted by atomic mass is 9.81. The lowest BCUT2D eigenvalue weighted by Crippen LogP contribution is -2.51. The van der Waals surface area contributed by atoms with Gasteiger partial charge in [0.05, 0.1) is 6.20 Å². The second kappa shape index (κ2) is 20.9. The van der Waals surface area contributed by atoms with Crippen molar-refractivity contribution in [1.29, 1.82) is 0 Å². The Morgan fingerprint density at radius 2 is 1.54 bits per heavy atom. The minimum atomic E-state index is -1.52. The summed E-state index contributed by atoms with van der Waals surface area (Å²) in [6, 6.07) is -3.98. The van der Waals surface area contributed by atoms with Crippen LogP contribution >= 0.6 is 0 Å². The molecule has 2 atom stereocenters. The van der Waals surface area contributed by atoms with Crippen LogP contribution in [0.4, 0.5) is 4.79 Å². The van der Waals surface area contributed by atoms with Gasteiger partial charge in [-0.15, -0.1) is 0 Å². The van der Waals surface area contributed by atoms with Crippen LogP contribution in [0.15, 0.2) is 30.4 Å². The molecule has 48 heavy (non-hydrogen) atoms. The average Bonchev–Trinajstić information content (AvgIpc) is 3.06. The highest BCUT2D eigenvalue weighted by atomic mass is 16.4. The first kappa shape index (κ1) is 39.1. The van der Waals surface area contributed by atoms with E-state index in [1.54, 1.807) is 0 Å². The van der Waals surface area contributed by atoms with Crippen molar-refractivity contribution >= 4 is 41.7 Å². The molecule has 18 nitrogen and oxygen atoms in total. The predicted molar refractivity (Wildman–Crippen MR) is 168 cm³/mol. The molecule has 0 unspecified atom stereocenters. The molecular weight excluding hydrogens is 632 g/mol. The minimum Gasteiger partial charge on any atom is -0.481 e. The zero-order chi connectivity index (χ0) is 35.5. The first-order chi connectivity index (χ1) is 22.9. The summed E-state index contributed by atoms with van der Waals surface area (Å²) in [7, 11) is 0. The van der Waals surface area contributed by atoms with Crippen LogP contribution in [-0.4, -0.2) is 98.7 Å². The Morgan fingerprint density at radius 1 is 0.875 bits per heavy atom. The molecule has 5 amide bonds. The van der Waals surface area contributed by atoms with E-state index in [4.69, 9.17) is 10.8 Å². The molecule has 0 spiro atoms. The second-order valence-electron chi connectivity index (χ2n) is 11.3. The van der Waals surface area contributed by atoms with E-state index in [1.807, 2.05) is 0 Å². The number of aromatic nitrogens is 2. The Bertz CT molecular complexity index is 1300. The molecule has 1 aromatic rings. The van der Waals surface area contributed by atoms with Crippen LogP contribution in [0.25, 0.3) is 0 Å². The number of carbonyl (C=O) groups excluding carboxylic acids is 4. The number of amides is 5. The van der Waals surface area contributed by atoms with Gasteiger partial charge in [-0.3, -0.25) is 24.2 Å². The van der Waals surface area contributed by atoms with Crippen molar-refractivity contribution in [1.82, 2.24) is 36.6 Å². The summed E-state index contributed by atoms with van der Waals surface area (Å²) in [5.41, 5.74) is 5.89. The smallest absolute Gasteiger partial charge is 0.326 e. The van der Waals surface area contributed by atoms with E-state index < -0.39 is 54.3 Å². The zero-order valence-electron chi connectivity index (χ0n) is 26.5. The number of aliphatic carboxylic acids is 3. The Labute approximate surface area is 276 Å². The number of nitrogens with one attached hydrogen (secondary N) is 5. The molecule has 1 fully saturated rings. The number of hydrogen-bond donors (Lipinski definition) is 9. The van der Waals surface area contributed by atoms with Gasteiger partial charge >= 0.3 is 23.9 Å². The van der Waals surface area contributed by atoms with Gasteiger partial charge in [0.2, 0.25) is 5.91 Å². The van der Waals surface area contributed by atoms with Gasteiger partial charge in [0.15, 0.2) is 0 Å². The molecule has 0 radical (unpaired) electrons. The molecule has 1 aromatic heterocycles. The third-order valence-electron chi connectivity index (χ3n) is 7.69. The number of nitrogens with two attached hydrogens (primary N) is 1. The molecule has 0 aliphatic heterocycles. The van der Waals surface area contributed by atoms with Crippen LogP contribution in [0.5, 0.6) is 0 Å². The van der Waals surface area contributed by atoms with E-state index in [9.17, 15) is 43.8 Å². The normalized spacial score (nSPS) is 17.2.